The van der Waals surface area contributed by atoms with Gasteiger partial charge in [-0.15, -0.1) is 0 Å². The molecule has 0 bridgehead atoms. The Kier molecular flexibility index (Phi) is 6.66. The summed E-state index contributed by atoms with van der Waals surface area (Å²) in [5, 5.41) is 12.0. The summed E-state index contributed by atoms with van der Waals surface area (Å²) in [5.74, 6) is -1.54. The van der Waals surface area contributed by atoms with E-state index in [1.807, 2.05) is 20.8 Å². The number of aromatic nitrogens is 1. The molecule has 0 saturated carbocycles. The monoisotopic (exact) mass is 506 g/mol. The summed E-state index contributed by atoms with van der Waals surface area (Å²) < 4.78 is 28.7. The molecule has 2 atom stereocenters. The van der Waals surface area contributed by atoms with Gasteiger partial charge in [-0.2, -0.15) is 0 Å². The van der Waals surface area contributed by atoms with Crippen LogP contribution in [0.2, 0.25) is 0 Å². The quantitative estimate of drug-likeness (QED) is 0.248. The number of fused-ring (bicyclic) bond motifs is 1. The zero-order chi connectivity index (χ0) is 22.9. The van der Waals surface area contributed by atoms with Crippen molar-refractivity contribution in [2.45, 2.75) is 31.6 Å². The van der Waals surface area contributed by atoms with E-state index in [0.29, 0.717) is 20.9 Å². The normalized spacial score (nSPS) is 14.0. The number of hydrogen-bond acceptors (Lipinski definition) is 5. The van der Waals surface area contributed by atoms with Crippen LogP contribution in [0.1, 0.15) is 30.9 Å². The molecular formula is C22H23BrN2O5S. The van der Waals surface area contributed by atoms with E-state index in [2.05, 4.69) is 15.9 Å². The highest BCUT2D eigenvalue weighted by Gasteiger charge is 2.34. The van der Waals surface area contributed by atoms with Crippen molar-refractivity contribution in [3.05, 3.63) is 74.4 Å². The van der Waals surface area contributed by atoms with Crippen LogP contribution >= 0.6 is 15.9 Å². The van der Waals surface area contributed by atoms with Crippen LogP contribution in [-0.2, 0) is 14.8 Å². The Hall–Kier alpha value is -2.52. The average Bonchev–Trinajstić information content (AvgIpc) is 3.06. The fourth-order valence-corrected chi connectivity index (χ4v) is 5.54. The zero-order valence-electron chi connectivity index (χ0n) is 17.4. The topological polar surface area (TPSA) is 99.3 Å². The van der Waals surface area contributed by atoms with Crippen molar-refractivity contribution in [2.75, 3.05) is 6.54 Å². The number of carbonyl (C=O) groups excluding carboxylic acids is 1. The Bertz CT molecular complexity index is 1230. The smallest absolute Gasteiger partial charge is 0.268 e. The number of aryl methyl sites for hydroxylation is 1. The van der Waals surface area contributed by atoms with Gasteiger partial charge < -0.3 is 4.79 Å². The number of hydrogen-bond donors (Lipinski definition) is 0. The van der Waals surface area contributed by atoms with E-state index in [0.717, 1.165) is 15.8 Å². The number of nitrogens with zero attached hydrogens (tertiary/aromatic N) is 2. The van der Waals surface area contributed by atoms with Gasteiger partial charge in [0.1, 0.15) is 6.29 Å². The summed E-state index contributed by atoms with van der Waals surface area (Å²) in [6.07, 6.45) is 2.16. The molecule has 164 valence electrons. The van der Waals surface area contributed by atoms with E-state index in [9.17, 15) is 23.3 Å². The van der Waals surface area contributed by atoms with Crippen molar-refractivity contribution in [1.82, 2.24) is 3.97 Å². The fourth-order valence-electron chi connectivity index (χ4n) is 3.82. The first kappa shape index (κ1) is 23.1. The molecule has 1 heterocycles. The zero-order valence-corrected chi connectivity index (χ0v) is 19.8. The van der Waals surface area contributed by atoms with Crippen LogP contribution in [0.3, 0.4) is 0 Å². The maximum Gasteiger partial charge on any atom is 0.268 e. The molecule has 9 heteroatoms. The highest BCUT2D eigenvalue weighted by atomic mass is 79.9. The molecule has 2 aromatic carbocycles. The Morgan fingerprint density at radius 2 is 1.81 bits per heavy atom. The van der Waals surface area contributed by atoms with Gasteiger partial charge in [0.05, 0.1) is 16.3 Å². The minimum Gasteiger partial charge on any atom is -0.303 e. The van der Waals surface area contributed by atoms with Crippen molar-refractivity contribution in [1.29, 1.82) is 0 Å². The molecule has 1 aromatic heterocycles. The summed E-state index contributed by atoms with van der Waals surface area (Å²) >= 11 is 3.38. The van der Waals surface area contributed by atoms with Gasteiger partial charge in [0.2, 0.25) is 6.54 Å². The maximum atomic E-state index is 13.4. The minimum absolute atomic E-state index is 0.114. The third-order valence-corrected chi connectivity index (χ3v) is 7.66. The molecular weight excluding hydrogens is 484 g/mol. The molecule has 3 aromatic rings. The third-order valence-electron chi connectivity index (χ3n) is 5.48. The van der Waals surface area contributed by atoms with Crippen molar-refractivity contribution in [3.63, 3.8) is 0 Å². The van der Waals surface area contributed by atoms with E-state index in [4.69, 9.17) is 0 Å². The predicted molar refractivity (Wildman–Crippen MR) is 122 cm³/mol. The largest absolute Gasteiger partial charge is 0.303 e. The highest BCUT2D eigenvalue weighted by molar-refractivity contribution is 9.10. The Morgan fingerprint density at radius 1 is 1.16 bits per heavy atom. The maximum absolute atomic E-state index is 13.4. The summed E-state index contributed by atoms with van der Waals surface area (Å²) in [5.41, 5.74) is 1.80. The summed E-state index contributed by atoms with van der Waals surface area (Å²) in [4.78, 5) is 22.9. The van der Waals surface area contributed by atoms with Crippen LogP contribution in [-0.4, -0.2) is 30.1 Å². The lowest BCUT2D eigenvalue weighted by Gasteiger charge is -2.22. The lowest BCUT2D eigenvalue weighted by molar-refractivity contribution is -0.484. The van der Waals surface area contributed by atoms with Crippen LogP contribution in [0.15, 0.2) is 58.0 Å². The number of carbonyl (C=O) groups is 1. The highest BCUT2D eigenvalue weighted by Crippen LogP contribution is 2.37. The molecule has 0 amide bonds. The van der Waals surface area contributed by atoms with Gasteiger partial charge in [-0.05, 0) is 42.7 Å². The van der Waals surface area contributed by atoms with Crippen molar-refractivity contribution >= 4 is 43.1 Å². The van der Waals surface area contributed by atoms with Gasteiger partial charge in [-0.25, -0.2) is 12.4 Å². The molecule has 0 saturated heterocycles. The van der Waals surface area contributed by atoms with Crippen molar-refractivity contribution in [2.24, 2.45) is 11.8 Å². The molecule has 0 N–H and O–H groups in total. The SMILES string of the molecule is Cc1ccc(S(=O)(=O)n2cc(C(C[N+](=O)[O-])C(C=O)C(C)C)c3ccc(Br)cc32)cc1. The molecule has 0 aliphatic rings. The van der Waals surface area contributed by atoms with E-state index < -0.39 is 33.3 Å². The van der Waals surface area contributed by atoms with Gasteiger partial charge in [-0.1, -0.05) is 53.5 Å². The standard InChI is InChI=1S/C22H23BrN2O5S/c1-14(2)21(13-26)20(12-25(27)28)19-11-24(22-10-16(23)6-9-18(19)22)31(29,30)17-7-4-15(3)5-8-17/h4-11,13-14,20-21H,12H2,1-3H3. The second-order valence-electron chi connectivity index (χ2n) is 7.94. The van der Waals surface area contributed by atoms with Gasteiger partial charge in [0.15, 0.2) is 0 Å². The Balaban J connectivity index is 2.30. The molecule has 0 spiro atoms. The first-order valence-electron chi connectivity index (χ1n) is 9.76. The molecule has 0 fully saturated rings. The van der Waals surface area contributed by atoms with Gasteiger partial charge in [0, 0.05) is 26.9 Å². The number of rotatable bonds is 8. The second kappa shape index (κ2) is 8.92. The van der Waals surface area contributed by atoms with Crippen LogP contribution < -0.4 is 0 Å². The van der Waals surface area contributed by atoms with Gasteiger partial charge >= 0.3 is 0 Å². The molecule has 0 aliphatic heterocycles. The van der Waals surface area contributed by atoms with Crippen LogP contribution in [0.5, 0.6) is 0 Å². The first-order chi connectivity index (χ1) is 14.6. The molecule has 7 nitrogen and oxygen atoms in total. The van der Waals surface area contributed by atoms with Gasteiger partial charge in [0.25, 0.3) is 10.0 Å². The van der Waals surface area contributed by atoms with Gasteiger partial charge in [-0.3, -0.25) is 10.1 Å². The summed E-state index contributed by atoms with van der Waals surface area (Å²) in [6, 6.07) is 11.6. The van der Waals surface area contributed by atoms with E-state index in [1.165, 1.54) is 18.3 Å². The van der Waals surface area contributed by atoms with Crippen LogP contribution in [0, 0.1) is 28.9 Å². The number of benzene rings is 2. The molecule has 0 aliphatic carbocycles. The molecule has 31 heavy (non-hydrogen) atoms. The lowest BCUT2D eigenvalue weighted by Crippen LogP contribution is -2.26. The Labute approximate surface area is 189 Å². The second-order valence-corrected chi connectivity index (χ2v) is 10.7. The Morgan fingerprint density at radius 3 is 2.35 bits per heavy atom. The summed E-state index contributed by atoms with van der Waals surface area (Å²) in [6.45, 7) is 5.04. The van der Waals surface area contributed by atoms with Crippen molar-refractivity contribution < 1.29 is 18.1 Å². The number of aldehydes is 1. The summed E-state index contributed by atoms with van der Waals surface area (Å²) in [7, 11) is -3.96. The average molecular weight is 507 g/mol. The third kappa shape index (κ3) is 4.57. The lowest BCUT2D eigenvalue weighted by atomic mass is 9.80. The number of halogens is 1. The van der Waals surface area contributed by atoms with E-state index in [-0.39, 0.29) is 10.8 Å². The fraction of sp³-hybridized carbons (Fsp3) is 0.318. The minimum atomic E-state index is -3.96. The van der Waals surface area contributed by atoms with Crippen molar-refractivity contribution in [3.8, 4) is 0 Å². The number of nitro groups is 1. The van der Waals surface area contributed by atoms with Crippen LogP contribution in [0.4, 0.5) is 0 Å². The molecule has 0 radical (unpaired) electrons. The van der Waals surface area contributed by atoms with Crippen LogP contribution in [0.25, 0.3) is 10.9 Å². The molecule has 2 unspecified atom stereocenters. The van der Waals surface area contributed by atoms with E-state index in [1.54, 1.807) is 30.3 Å². The first-order valence-corrected chi connectivity index (χ1v) is 12.0. The molecule has 3 rings (SSSR count). The van der Waals surface area contributed by atoms with E-state index >= 15 is 0 Å². The predicted octanol–water partition coefficient (Wildman–Crippen LogP) is 4.78.